The second-order valence-corrected chi connectivity index (χ2v) is 7.69. The molecule has 0 amide bonds. The molecule has 5 nitrogen and oxygen atoms in total. The summed E-state index contributed by atoms with van der Waals surface area (Å²) in [5.74, 6) is -0.822. The molecule has 1 atom stereocenters. The van der Waals surface area contributed by atoms with Crippen LogP contribution in [-0.4, -0.2) is 38.4 Å². The number of benzene rings is 1. The number of esters is 1. The van der Waals surface area contributed by atoms with E-state index in [1.54, 1.807) is 13.0 Å². The molecule has 0 aliphatic carbocycles. The van der Waals surface area contributed by atoms with E-state index in [4.69, 9.17) is 27.9 Å². The zero-order chi connectivity index (χ0) is 16.3. The van der Waals surface area contributed by atoms with Gasteiger partial charge in [0.1, 0.15) is 4.90 Å². The summed E-state index contributed by atoms with van der Waals surface area (Å²) in [5, 5.41) is 0.150. The highest BCUT2D eigenvalue weighted by atomic mass is 35.5. The van der Waals surface area contributed by atoms with Gasteiger partial charge in [-0.05, 0) is 31.9 Å². The number of piperidine rings is 1. The van der Waals surface area contributed by atoms with Gasteiger partial charge >= 0.3 is 5.97 Å². The van der Waals surface area contributed by atoms with Gasteiger partial charge in [0.25, 0.3) is 0 Å². The molecule has 0 aromatic heterocycles. The lowest BCUT2D eigenvalue weighted by Crippen LogP contribution is -2.42. The van der Waals surface area contributed by atoms with Crippen LogP contribution in [0.25, 0.3) is 0 Å². The van der Waals surface area contributed by atoms with Crippen LogP contribution in [0.4, 0.5) is 0 Å². The fraction of sp³-hybridized carbons (Fsp3) is 0.500. The number of hydrogen-bond donors (Lipinski definition) is 0. The average molecular weight is 366 g/mol. The Morgan fingerprint density at radius 2 is 2.00 bits per heavy atom. The van der Waals surface area contributed by atoms with E-state index in [-0.39, 0.29) is 34.1 Å². The quantitative estimate of drug-likeness (QED) is 0.769. The predicted octanol–water partition coefficient (Wildman–Crippen LogP) is 2.96. The number of carbonyl (C=O) groups excluding carboxylic acids is 1. The Morgan fingerprint density at radius 1 is 1.36 bits per heavy atom. The summed E-state index contributed by atoms with van der Waals surface area (Å²) in [4.78, 5) is 11.7. The van der Waals surface area contributed by atoms with Gasteiger partial charge in [-0.1, -0.05) is 29.3 Å². The molecule has 0 bridgehead atoms. The molecule has 1 aliphatic heterocycles. The van der Waals surface area contributed by atoms with Crippen molar-refractivity contribution in [3.8, 4) is 0 Å². The number of ether oxygens (including phenoxy) is 1. The Bertz CT molecular complexity index is 643. The van der Waals surface area contributed by atoms with E-state index in [0.29, 0.717) is 19.4 Å². The SMILES string of the molecule is CCOC(=O)C1CCCN(S(=O)(=O)c2c(Cl)cccc2Cl)C1. The van der Waals surface area contributed by atoms with Crippen molar-refractivity contribution in [2.24, 2.45) is 5.92 Å². The molecule has 2 rings (SSSR count). The third-order valence-electron chi connectivity index (χ3n) is 3.52. The molecule has 0 spiro atoms. The molecule has 0 radical (unpaired) electrons. The Balaban J connectivity index is 2.28. The van der Waals surface area contributed by atoms with Crippen molar-refractivity contribution in [1.29, 1.82) is 0 Å². The minimum absolute atomic E-state index is 0.0748. The lowest BCUT2D eigenvalue weighted by Gasteiger charge is -2.31. The molecule has 1 aliphatic rings. The van der Waals surface area contributed by atoms with E-state index in [0.717, 1.165) is 0 Å². The maximum Gasteiger partial charge on any atom is 0.310 e. The zero-order valence-electron chi connectivity index (χ0n) is 12.1. The van der Waals surface area contributed by atoms with Crippen LogP contribution < -0.4 is 0 Å². The third kappa shape index (κ3) is 3.56. The van der Waals surface area contributed by atoms with Crippen molar-refractivity contribution >= 4 is 39.2 Å². The maximum absolute atomic E-state index is 12.8. The smallest absolute Gasteiger partial charge is 0.310 e. The standard InChI is InChI=1S/C14H17Cl2NO4S/c1-2-21-14(18)10-5-4-8-17(9-10)22(19,20)13-11(15)6-3-7-12(13)16/h3,6-7,10H,2,4-5,8-9H2,1H3. The summed E-state index contributed by atoms with van der Waals surface area (Å²) in [6.45, 7) is 2.42. The second-order valence-electron chi connectivity index (χ2n) is 5.01. The first-order valence-corrected chi connectivity index (χ1v) is 9.18. The lowest BCUT2D eigenvalue weighted by molar-refractivity contribution is -0.149. The number of carbonyl (C=O) groups is 1. The van der Waals surface area contributed by atoms with Crippen molar-refractivity contribution in [2.45, 2.75) is 24.7 Å². The normalized spacial score (nSPS) is 19.9. The minimum Gasteiger partial charge on any atom is -0.466 e. The summed E-state index contributed by atoms with van der Waals surface area (Å²) in [6, 6.07) is 4.54. The highest BCUT2D eigenvalue weighted by Gasteiger charge is 2.35. The predicted molar refractivity (Wildman–Crippen MR) is 84.6 cm³/mol. The van der Waals surface area contributed by atoms with Crippen molar-refractivity contribution in [3.05, 3.63) is 28.2 Å². The first-order chi connectivity index (χ1) is 10.4. The largest absolute Gasteiger partial charge is 0.466 e. The van der Waals surface area contributed by atoms with Gasteiger partial charge in [-0.15, -0.1) is 0 Å². The molecule has 122 valence electrons. The van der Waals surface area contributed by atoms with Gasteiger partial charge in [0.15, 0.2) is 0 Å². The monoisotopic (exact) mass is 365 g/mol. The molecule has 1 aromatic rings. The molecule has 22 heavy (non-hydrogen) atoms. The van der Waals surface area contributed by atoms with E-state index in [1.165, 1.54) is 16.4 Å². The number of rotatable bonds is 4. The van der Waals surface area contributed by atoms with Crippen molar-refractivity contribution < 1.29 is 17.9 Å². The lowest BCUT2D eigenvalue weighted by atomic mass is 10.0. The highest BCUT2D eigenvalue weighted by molar-refractivity contribution is 7.89. The number of hydrogen-bond acceptors (Lipinski definition) is 4. The van der Waals surface area contributed by atoms with Gasteiger partial charge in [0, 0.05) is 13.1 Å². The Labute approximate surface area is 140 Å². The van der Waals surface area contributed by atoms with Gasteiger partial charge < -0.3 is 4.74 Å². The molecule has 8 heteroatoms. The summed E-state index contributed by atoms with van der Waals surface area (Å²) in [5.41, 5.74) is 0. The number of halogens is 2. The number of nitrogens with zero attached hydrogens (tertiary/aromatic N) is 1. The van der Waals surface area contributed by atoms with Crippen LogP contribution >= 0.6 is 23.2 Å². The third-order valence-corrected chi connectivity index (χ3v) is 6.34. The van der Waals surface area contributed by atoms with E-state index >= 15 is 0 Å². The van der Waals surface area contributed by atoms with Crippen molar-refractivity contribution in [2.75, 3.05) is 19.7 Å². The molecule has 1 heterocycles. The van der Waals surface area contributed by atoms with Crippen LogP contribution in [0.3, 0.4) is 0 Å². The molecule has 0 N–H and O–H groups in total. The Kier molecular flexibility index (Phi) is 5.71. The van der Waals surface area contributed by atoms with E-state index < -0.39 is 15.9 Å². The summed E-state index contributed by atoms with van der Waals surface area (Å²) in [6.07, 6.45) is 1.20. The first-order valence-electron chi connectivity index (χ1n) is 6.98. The summed E-state index contributed by atoms with van der Waals surface area (Å²) < 4.78 is 31.8. The molecule has 1 fully saturated rings. The average Bonchev–Trinajstić information content (AvgIpc) is 2.47. The summed E-state index contributed by atoms with van der Waals surface area (Å²) >= 11 is 12.0. The zero-order valence-corrected chi connectivity index (χ0v) is 14.4. The van der Waals surface area contributed by atoms with Crippen LogP contribution in [0.5, 0.6) is 0 Å². The van der Waals surface area contributed by atoms with Crippen LogP contribution in [0, 0.1) is 5.92 Å². The number of sulfonamides is 1. The maximum atomic E-state index is 12.8. The van der Waals surface area contributed by atoms with Gasteiger partial charge in [-0.2, -0.15) is 4.31 Å². The van der Waals surface area contributed by atoms with Gasteiger partial charge in [0.05, 0.1) is 22.6 Å². The van der Waals surface area contributed by atoms with Gasteiger partial charge in [0.2, 0.25) is 10.0 Å². The van der Waals surface area contributed by atoms with Crippen LogP contribution in [-0.2, 0) is 19.6 Å². The topological polar surface area (TPSA) is 63.7 Å². The fourth-order valence-electron chi connectivity index (χ4n) is 2.47. The molecule has 1 aromatic carbocycles. The molecule has 0 saturated carbocycles. The Morgan fingerprint density at radius 3 is 2.59 bits per heavy atom. The molecular formula is C14H17Cl2NO4S. The van der Waals surface area contributed by atoms with E-state index in [1.807, 2.05) is 0 Å². The van der Waals surface area contributed by atoms with Crippen molar-refractivity contribution in [1.82, 2.24) is 4.31 Å². The second kappa shape index (κ2) is 7.17. The molecular weight excluding hydrogens is 349 g/mol. The van der Waals surface area contributed by atoms with Crippen molar-refractivity contribution in [3.63, 3.8) is 0 Å². The first kappa shape index (κ1) is 17.5. The van der Waals surface area contributed by atoms with Gasteiger partial charge in [-0.25, -0.2) is 8.42 Å². The fourth-order valence-corrected chi connectivity index (χ4v) is 5.09. The minimum atomic E-state index is -3.84. The summed E-state index contributed by atoms with van der Waals surface area (Å²) in [7, 11) is -3.84. The molecule has 1 saturated heterocycles. The highest BCUT2D eigenvalue weighted by Crippen LogP contribution is 2.33. The van der Waals surface area contributed by atoms with Crippen LogP contribution in [0.2, 0.25) is 10.0 Å². The molecule has 1 unspecified atom stereocenters. The Hall–Kier alpha value is -0.820. The van der Waals surface area contributed by atoms with Gasteiger partial charge in [-0.3, -0.25) is 4.79 Å². The van der Waals surface area contributed by atoms with Crippen LogP contribution in [0.15, 0.2) is 23.1 Å². The van der Waals surface area contributed by atoms with E-state index in [9.17, 15) is 13.2 Å². The van der Waals surface area contributed by atoms with E-state index in [2.05, 4.69) is 0 Å². The van der Waals surface area contributed by atoms with Crippen LogP contribution in [0.1, 0.15) is 19.8 Å².